The first-order chi connectivity index (χ1) is 10.3. The van der Waals surface area contributed by atoms with Gasteiger partial charge in [-0.25, -0.2) is 4.79 Å². The van der Waals surface area contributed by atoms with Crippen LogP contribution in [0.15, 0.2) is 28.8 Å². The summed E-state index contributed by atoms with van der Waals surface area (Å²) in [7, 11) is 0. The van der Waals surface area contributed by atoms with Crippen molar-refractivity contribution in [3.63, 3.8) is 0 Å². The van der Waals surface area contributed by atoms with Gasteiger partial charge in [0.2, 0.25) is 5.89 Å². The van der Waals surface area contributed by atoms with E-state index in [1.807, 2.05) is 31.2 Å². The summed E-state index contributed by atoms with van der Waals surface area (Å²) in [5.74, 6) is 1.87. The highest BCUT2D eigenvalue weighted by Crippen LogP contribution is 2.38. The van der Waals surface area contributed by atoms with E-state index in [2.05, 4.69) is 20.8 Å². The molecule has 1 aromatic carbocycles. The number of hydrogen-bond acceptors (Lipinski definition) is 4. The Morgan fingerprint density at radius 2 is 2.19 bits per heavy atom. The van der Waals surface area contributed by atoms with E-state index >= 15 is 0 Å². The molecule has 3 rings (SSSR count). The summed E-state index contributed by atoms with van der Waals surface area (Å²) in [6.45, 7) is 2.46. The highest BCUT2D eigenvalue weighted by atomic mass is 16.5. The van der Waals surface area contributed by atoms with E-state index in [0.717, 1.165) is 29.9 Å². The van der Waals surface area contributed by atoms with Crippen molar-refractivity contribution in [2.24, 2.45) is 0 Å². The second kappa shape index (κ2) is 5.95. The number of urea groups is 1. The molecule has 110 valence electrons. The van der Waals surface area contributed by atoms with Gasteiger partial charge in [-0.2, -0.15) is 4.98 Å². The summed E-state index contributed by atoms with van der Waals surface area (Å²) in [6, 6.07) is 7.41. The third-order valence-electron chi connectivity index (χ3n) is 3.37. The predicted molar refractivity (Wildman–Crippen MR) is 78.2 cm³/mol. The summed E-state index contributed by atoms with van der Waals surface area (Å²) < 4.78 is 5.29. The highest BCUT2D eigenvalue weighted by Gasteiger charge is 2.28. The first kappa shape index (κ1) is 13.6. The lowest BCUT2D eigenvalue weighted by Crippen LogP contribution is -2.28. The number of hydrogen-bond donors (Lipinski definition) is 2. The molecule has 1 saturated carbocycles. The average Bonchev–Trinajstić information content (AvgIpc) is 3.22. The molecule has 0 aliphatic heterocycles. The Morgan fingerprint density at radius 1 is 1.38 bits per heavy atom. The van der Waals surface area contributed by atoms with Crippen LogP contribution >= 0.6 is 0 Å². The van der Waals surface area contributed by atoms with Crippen LogP contribution < -0.4 is 10.6 Å². The summed E-state index contributed by atoms with van der Waals surface area (Å²) in [5.41, 5.74) is 1.71. The number of nitrogens with one attached hydrogen (secondary N) is 2. The number of aromatic nitrogens is 2. The number of amides is 2. The van der Waals surface area contributed by atoms with Crippen LogP contribution in [-0.2, 0) is 6.42 Å². The third-order valence-corrected chi connectivity index (χ3v) is 3.37. The van der Waals surface area contributed by atoms with Crippen LogP contribution in [0.3, 0.4) is 0 Å². The number of para-hydroxylation sites is 1. The Morgan fingerprint density at radius 3 is 2.95 bits per heavy atom. The molecule has 2 amide bonds. The first-order valence-corrected chi connectivity index (χ1v) is 7.21. The van der Waals surface area contributed by atoms with Gasteiger partial charge in [0.15, 0.2) is 5.82 Å². The second-order valence-corrected chi connectivity index (χ2v) is 5.14. The number of nitrogens with zero attached hydrogens (tertiary/aromatic N) is 2. The van der Waals surface area contributed by atoms with Crippen molar-refractivity contribution in [1.29, 1.82) is 0 Å². The Bertz CT molecular complexity index is 634. The molecule has 0 unspecified atom stereocenters. The molecule has 1 aliphatic carbocycles. The zero-order chi connectivity index (χ0) is 14.7. The maximum absolute atomic E-state index is 11.6. The van der Waals surface area contributed by atoms with Gasteiger partial charge >= 0.3 is 6.03 Å². The Balaban J connectivity index is 1.72. The molecule has 0 bridgehead atoms. The lowest BCUT2D eigenvalue weighted by Gasteiger charge is -2.09. The van der Waals surface area contributed by atoms with E-state index in [-0.39, 0.29) is 6.03 Å². The van der Waals surface area contributed by atoms with E-state index in [4.69, 9.17) is 4.52 Å². The van der Waals surface area contributed by atoms with Gasteiger partial charge in [-0.15, -0.1) is 0 Å². The molecule has 0 radical (unpaired) electrons. The monoisotopic (exact) mass is 286 g/mol. The molecule has 2 aromatic rings. The topological polar surface area (TPSA) is 80.0 Å². The summed E-state index contributed by atoms with van der Waals surface area (Å²) in [5, 5.41) is 9.55. The molecule has 6 heteroatoms. The van der Waals surface area contributed by atoms with E-state index in [9.17, 15) is 4.79 Å². The smallest absolute Gasteiger partial charge is 0.319 e. The fourth-order valence-corrected chi connectivity index (χ4v) is 2.13. The van der Waals surface area contributed by atoms with Crippen LogP contribution in [0.1, 0.15) is 43.0 Å². The van der Waals surface area contributed by atoms with E-state index in [1.54, 1.807) is 0 Å². The molecule has 2 N–H and O–H groups in total. The number of benzene rings is 1. The predicted octanol–water partition coefficient (Wildman–Crippen LogP) is 2.68. The fourth-order valence-electron chi connectivity index (χ4n) is 2.13. The molecule has 1 fully saturated rings. The summed E-state index contributed by atoms with van der Waals surface area (Å²) in [4.78, 5) is 16.1. The highest BCUT2D eigenvalue weighted by molar-refractivity contribution is 5.90. The van der Waals surface area contributed by atoms with Gasteiger partial charge in [0, 0.05) is 18.2 Å². The van der Waals surface area contributed by atoms with E-state index in [1.165, 1.54) is 0 Å². The van der Waals surface area contributed by atoms with Gasteiger partial charge in [0.25, 0.3) is 0 Å². The molecule has 21 heavy (non-hydrogen) atoms. The van der Waals surface area contributed by atoms with Gasteiger partial charge in [-0.1, -0.05) is 23.4 Å². The lowest BCUT2D eigenvalue weighted by molar-refractivity contribution is 0.252. The van der Waals surface area contributed by atoms with Crippen LogP contribution in [0.2, 0.25) is 0 Å². The number of carbonyl (C=O) groups is 1. The van der Waals surface area contributed by atoms with Gasteiger partial charge in [0.05, 0.1) is 6.42 Å². The van der Waals surface area contributed by atoms with Gasteiger partial charge in [0.1, 0.15) is 0 Å². The standard InChI is InChI=1S/C15H18N4O2/c1-2-16-15(20)17-12-6-4-3-5-11(12)9-13-18-14(19-21-13)10-7-8-10/h3-6,10H,2,7-9H2,1H3,(H2,16,17,20). The second-order valence-electron chi connectivity index (χ2n) is 5.14. The quantitative estimate of drug-likeness (QED) is 0.885. The summed E-state index contributed by atoms with van der Waals surface area (Å²) >= 11 is 0. The van der Waals surface area contributed by atoms with Crippen LogP contribution in [-0.4, -0.2) is 22.7 Å². The van der Waals surface area contributed by atoms with Crippen molar-refractivity contribution in [3.05, 3.63) is 41.5 Å². The van der Waals surface area contributed by atoms with E-state index in [0.29, 0.717) is 24.8 Å². The summed E-state index contributed by atoms with van der Waals surface area (Å²) in [6.07, 6.45) is 2.81. The number of carbonyl (C=O) groups excluding carboxylic acids is 1. The maximum Gasteiger partial charge on any atom is 0.319 e. The van der Waals surface area contributed by atoms with Crippen molar-refractivity contribution in [1.82, 2.24) is 15.5 Å². The van der Waals surface area contributed by atoms with Crippen molar-refractivity contribution in [3.8, 4) is 0 Å². The Hall–Kier alpha value is -2.37. The molecule has 0 atom stereocenters. The first-order valence-electron chi connectivity index (χ1n) is 7.21. The zero-order valence-electron chi connectivity index (χ0n) is 11.9. The van der Waals surface area contributed by atoms with Crippen molar-refractivity contribution < 1.29 is 9.32 Å². The average molecular weight is 286 g/mol. The minimum absolute atomic E-state index is 0.214. The van der Waals surface area contributed by atoms with Gasteiger partial charge in [-0.05, 0) is 31.4 Å². The molecular weight excluding hydrogens is 268 g/mol. The molecule has 1 aromatic heterocycles. The van der Waals surface area contributed by atoms with Crippen LogP contribution in [0.25, 0.3) is 0 Å². The molecule has 1 aliphatic rings. The largest absolute Gasteiger partial charge is 0.339 e. The number of anilines is 1. The van der Waals surface area contributed by atoms with Crippen molar-refractivity contribution >= 4 is 11.7 Å². The van der Waals surface area contributed by atoms with Crippen LogP contribution in [0.5, 0.6) is 0 Å². The van der Waals surface area contributed by atoms with E-state index < -0.39 is 0 Å². The maximum atomic E-state index is 11.6. The zero-order valence-corrected chi connectivity index (χ0v) is 11.9. The SMILES string of the molecule is CCNC(=O)Nc1ccccc1Cc1nc(C2CC2)no1. The minimum atomic E-state index is -0.214. The molecular formula is C15H18N4O2. The molecule has 0 saturated heterocycles. The van der Waals surface area contributed by atoms with Gasteiger partial charge < -0.3 is 15.2 Å². The normalized spacial score (nSPS) is 14.0. The van der Waals surface area contributed by atoms with Crippen molar-refractivity contribution in [2.45, 2.75) is 32.1 Å². The Kier molecular flexibility index (Phi) is 3.85. The Labute approximate surface area is 122 Å². The fraction of sp³-hybridized carbons (Fsp3) is 0.400. The third kappa shape index (κ3) is 3.39. The van der Waals surface area contributed by atoms with Crippen LogP contribution in [0.4, 0.5) is 10.5 Å². The van der Waals surface area contributed by atoms with Gasteiger partial charge in [-0.3, -0.25) is 0 Å². The lowest BCUT2D eigenvalue weighted by atomic mass is 10.1. The molecule has 1 heterocycles. The van der Waals surface area contributed by atoms with Crippen LogP contribution in [0, 0.1) is 0 Å². The minimum Gasteiger partial charge on any atom is -0.339 e. The molecule has 0 spiro atoms. The number of rotatable bonds is 5. The van der Waals surface area contributed by atoms with Crippen molar-refractivity contribution in [2.75, 3.05) is 11.9 Å². The molecule has 6 nitrogen and oxygen atoms in total.